The molecule has 2 nitrogen and oxygen atoms in total. The topological polar surface area (TPSA) is 29.3 Å². The summed E-state index contributed by atoms with van der Waals surface area (Å²) in [5, 5.41) is 0. The Balaban J connectivity index is 2.23. The van der Waals surface area contributed by atoms with E-state index >= 15 is 0 Å². The summed E-state index contributed by atoms with van der Waals surface area (Å²) in [5.74, 6) is 0.654. The first kappa shape index (κ1) is 14.5. The lowest BCUT2D eigenvalue weighted by atomic mass is 9.98. The highest BCUT2D eigenvalue weighted by atomic mass is 19.1. The van der Waals surface area contributed by atoms with Gasteiger partial charge in [-0.15, -0.1) is 0 Å². The van der Waals surface area contributed by atoms with Crippen LogP contribution < -0.4 is 5.73 Å². The number of nitrogens with zero attached hydrogens (tertiary/aromatic N) is 1. The molecular formula is C16H25FN2. The number of hydrogen-bond donors (Lipinski definition) is 1. The van der Waals surface area contributed by atoms with Gasteiger partial charge in [-0.05, 0) is 44.7 Å². The number of halogens is 1. The van der Waals surface area contributed by atoms with E-state index in [2.05, 4.69) is 11.8 Å². The minimum atomic E-state index is -0.137. The van der Waals surface area contributed by atoms with Crippen molar-refractivity contribution in [2.24, 2.45) is 11.7 Å². The van der Waals surface area contributed by atoms with Gasteiger partial charge in [0.1, 0.15) is 5.82 Å². The van der Waals surface area contributed by atoms with E-state index in [1.807, 2.05) is 19.1 Å². The SMILES string of the molecule is CCCN(CC1CC1)C(c1ccccc1F)C(C)N. The largest absolute Gasteiger partial charge is 0.326 e. The highest BCUT2D eigenvalue weighted by molar-refractivity contribution is 5.23. The van der Waals surface area contributed by atoms with Crippen molar-refractivity contribution >= 4 is 0 Å². The number of nitrogens with two attached hydrogens (primary N) is 1. The highest BCUT2D eigenvalue weighted by Crippen LogP contribution is 2.34. The van der Waals surface area contributed by atoms with E-state index in [-0.39, 0.29) is 17.9 Å². The van der Waals surface area contributed by atoms with Gasteiger partial charge in [-0.25, -0.2) is 4.39 Å². The average Bonchev–Trinajstić information content (AvgIpc) is 3.16. The highest BCUT2D eigenvalue weighted by Gasteiger charge is 2.31. The Kier molecular flexibility index (Phi) is 4.94. The fourth-order valence-electron chi connectivity index (χ4n) is 2.79. The first-order valence-corrected chi connectivity index (χ1v) is 7.37. The predicted octanol–water partition coefficient (Wildman–Crippen LogP) is 3.34. The van der Waals surface area contributed by atoms with Crippen LogP contribution in [0.15, 0.2) is 24.3 Å². The Morgan fingerprint density at radius 3 is 2.58 bits per heavy atom. The third-order valence-electron chi connectivity index (χ3n) is 3.82. The fraction of sp³-hybridized carbons (Fsp3) is 0.625. The van der Waals surface area contributed by atoms with Gasteiger partial charge >= 0.3 is 0 Å². The van der Waals surface area contributed by atoms with Crippen LogP contribution in [0.25, 0.3) is 0 Å². The quantitative estimate of drug-likeness (QED) is 0.818. The molecule has 3 heteroatoms. The van der Waals surface area contributed by atoms with E-state index in [0.717, 1.165) is 31.0 Å². The summed E-state index contributed by atoms with van der Waals surface area (Å²) in [6.07, 6.45) is 3.69. The molecule has 2 unspecified atom stereocenters. The Morgan fingerprint density at radius 1 is 1.37 bits per heavy atom. The molecule has 0 bridgehead atoms. The zero-order valence-corrected chi connectivity index (χ0v) is 12.0. The Hall–Kier alpha value is -0.930. The molecule has 0 radical (unpaired) electrons. The maximum Gasteiger partial charge on any atom is 0.128 e. The molecule has 1 aliphatic rings. The van der Waals surface area contributed by atoms with E-state index in [0.29, 0.717) is 0 Å². The van der Waals surface area contributed by atoms with Gasteiger partial charge in [0.05, 0.1) is 6.04 Å². The van der Waals surface area contributed by atoms with Crippen LogP contribution in [0.1, 0.15) is 44.7 Å². The van der Waals surface area contributed by atoms with Gasteiger partial charge in [-0.1, -0.05) is 25.1 Å². The third kappa shape index (κ3) is 3.77. The average molecular weight is 264 g/mol. The first-order valence-electron chi connectivity index (χ1n) is 7.37. The summed E-state index contributed by atoms with van der Waals surface area (Å²) >= 11 is 0. The molecule has 0 amide bonds. The van der Waals surface area contributed by atoms with Crippen LogP contribution in [-0.4, -0.2) is 24.0 Å². The Morgan fingerprint density at radius 2 is 2.05 bits per heavy atom. The molecule has 0 aromatic heterocycles. The smallest absolute Gasteiger partial charge is 0.128 e. The standard InChI is InChI=1S/C16H25FN2/c1-3-10-19(11-13-8-9-13)16(12(2)18)14-6-4-5-7-15(14)17/h4-7,12-13,16H,3,8-11,18H2,1-2H3. The molecule has 19 heavy (non-hydrogen) atoms. The van der Waals surface area contributed by atoms with E-state index in [4.69, 9.17) is 5.73 Å². The van der Waals surface area contributed by atoms with Crippen molar-refractivity contribution < 1.29 is 4.39 Å². The van der Waals surface area contributed by atoms with Crippen molar-refractivity contribution in [2.75, 3.05) is 13.1 Å². The second-order valence-corrected chi connectivity index (χ2v) is 5.76. The zero-order valence-electron chi connectivity index (χ0n) is 12.0. The number of rotatable bonds is 7. The molecule has 1 aromatic carbocycles. The maximum absolute atomic E-state index is 14.1. The summed E-state index contributed by atoms with van der Waals surface area (Å²) in [5.41, 5.74) is 6.90. The summed E-state index contributed by atoms with van der Waals surface area (Å²) in [6, 6.07) is 6.96. The fourth-order valence-corrected chi connectivity index (χ4v) is 2.79. The monoisotopic (exact) mass is 264 g/mol. The normalized spacial score (nSPS) is 18.6. The van der Waals surface area contributed by atoms with E-state index in [1.54, 1.807) is 6.07 Å². The molecule has 0 heterocycles. The molecule has 0 saturated heterocycles. The molecule has 2 atom stereocenters. The summed E-state index contributed by atoms with van der Waals surface area (Å²) in [6.45, 7) is 6.18. The molecule has 1 aromatic rings. The van der Waals surface area contributed by atoms with Crippen molar-refractivity contribution in [3.05, 3.63) is 35.6 Å². The Labute approximate surface area is 115 Å². The van der Waals surface area contributed by atoms with Gasteiger partial charge in [-0.3, -0.25) is 4.90 Å². The third-order valence-corrected chi connectivity index (χ3v) is 3.82. The summed E-state index contributed by atoms with van der Waals surface area (Å²) in [4.78, 5) is 2.38. The molecule has 1 aliphatic carbocycles. The minimum Gasteiger partial charge on any atom is -0.326 e. The molecule has 1 fully saturated rings. The summed E-state index contributed by atoms with van der Waals surface area (Å²) < 4.78 is 14.1. The van der Waals surface area contributed by atoms with Crippen LogP contribution in [0, 0.1) is 11.7 Å². The van der Waals surface area contributed by atoms with Crippen molar-refractivity contribution in [1.29, 1.82) is 0 Å². The van der Waals surface area contributed by atoms with Gasteiger partial charge < -0.3 is 5.73 Å². The molecule has 1 saturated carbocycles. The molecule has 2 rings (SSSR count). The van der Waals surface area contributed by atoms with Gasteiger partial charge in [0.2, 0.25) is 0 Å². The van der Waals surface area contributed by atoms with E-state index in [9.17, 15) is 4.39 Å². The lowest BCUT2D eigenvalue weighted by Gasteiger charge is -2.34. The van der Waals surface area contributed by atoms with Crippen molar-refractivity contribution in [3.8, 4) is 0 Å². The summed E-state index contributed by atoms with van der Waals surface area (Å²) in [7, 11) is 0. The van der Waals surface area contributed by atoms with Crippen LogP contribution in [0.4, 0.5) is 4.39 Å². The Bertz CT molecular complexity index is 401. The number of benzene rings is 1. The van der Waals surface area contributed by atoms with Gasteiger partial charge in [0.15, 0.2) is 0 Å². The van der Waals surface area contributed by atoms with Crippen LogP contribution in [-0.2, 0) is 0 Å². The van der Waals surface area contributed by atoms with Crippen LogP contribution in [0.5, 0.6) is 0 Å². The zero-order chi connectivity index (χ0) is 13.8. The van der Waals surface area contributed by atoms with Gasteiger partial charge in [0.25, 0.3) is 0 Å². The molecule has 0 aliphatic heterocycles. The van der Waals surface area contributed by atoms with Crippen LogP contribution in [0.2, 0.25) is 0 Å². The van der Waals surface area contributed by atoms with Gasteiger partial charge in [-0.2, -0.15) is 0 Å². The van der Waals surface area contributed by atoms with Gasteiger partial charge in [0, 0.05) is 18.2 Å². The minimum absolute atomic E-state index is 0.0123. The second-order valence-electron chi connectivity index (χ2n) is 5.76. The lowest BCUT2D eigenvalue weighted by molar-refractivity contribution is 0.165. The molecule has 2 N–H and O–H groups in total. The second kappa shape index (κ2) is 6.49. The van der Waals surface area contributed by atoms with Crippen molar-refractivity contribution in [1.82, 2.24) is 4.90 Å². The maximum atomic E-state index is 14.1. The first-order chi connectivity index (χ1) is 9.13. The van der Waals surface area contributed by atoms with Crippen LogP contribution >= 0.6 is 0 Å². The van der Waals surface area contributed by atoms with E-state index < -0.39 is 0 Å². The predicted molar refractivity (Wildman–Crippen MR) is 77.4 cm³/mol. The number of hydrogen-bond acceptors (Lipinski definition) is 2. The lowest BCUT2D eigenvalue weighted by Crippen LogP contribution is -2.41. The molecule has 106 valence electrons. The van der Waals surface area contributed by atoms with E-state index in [1.165, 1.54) is 18.9 Å². The molecule has 0 spiro atoms. The van der Waals surface area contributed by atoms with Crippen molar-refractivity contribution in [2.45, 2.75) is 45.2 Å². The van der Waals surface area contributed by atoms with Crippen LogP contribution in [0.3, 0.4) is 0 Å². The molecular weight excluding hydrogens is 239 g/mol. The van der Waals surface area contributed by atoms with Crippen molar-refractivity contribution in [3.63, 3.8) is 0 Å².